The molecule has 0 heterocycles. The first-order valence-electron chi connectivity index (χ1n) is 12.6. The molecule has 0 spiro atoms. The Hall–Kier alpha value is -2.15. The smallest absolute Gasteiger partial charge is 0.309 e. The second-order valence-corrected chi connectivity index (χ2v) is 9.71. The highest BCUT2D eigenvalue weighted by molar-refractivity contribution is 5.72. The minimum atomic E-state index is -0.689. The molecule has 2 fully saturated rings. The van der Waals surface area contributed by atoms with Gasteiger partial charge in [0.15, 0.2) is 5.83 Å². The summed E-state index contributed by atoms with van der Waals surface area (Å²) in [5.41, 5.74) is 2.84. The van der Waals surface area contributed by atoms with Gasteiger partial charge in [0, 0.05) is 0 Å². The Kier molecular flexibility index (Phi) is 9.78. The second-order valence-electron chi connectivity index (χ2n) is 9.71. The number of aryl methyl sites for hydroxylation is 1. The van der Waals surface area contributed by atoms with E-state index < -0.39 is 5.83 Å². The van der Waals surface area contributed by atoms with E-state index in [4.69, 9.17) is 10.00 Å². The maximum atomic E-state index is 12.9. The molecule has 2 saturated carbocycles. The summed E-state index contributed by atoms with van der Waals surface area (Å²) >= 11 is 0. The zero-order valence-electron chi connectivity index (χ0n) is 19.5. The fourth-order valence-corrected chi connectivity index (χ4v) is 5.29. The van der Waals surface area contributed by atoms with E-state index in [0.29, 0.717) is 18.3 Å². The van der Waals surface area contributed by atoms with Gasteiger partial charge in [-0.25, -0.2) is 0 Å². The maximum absolute atomic E-state index is 12.9. The molecule has 0 aliphatic heterocycles. The van der Waals surface area contributed by atoms with Gasteiger partial charge in [0.2, 0.25) is 0 Å². The van der Waals surface area contributed by atoms with Crippen molar-refractivity contribution < 1.29 is 13.9 Å². The lowest BCUT2D eigenvalue weighted by molar-refractivity contribution is -0.157. The van der Waals surface area contributed by atoms with Crippen molar-refractivity contribution >= 4 is 5.97 Å². The average Bonchev–Trinajstić information content (AvgIpc) is 2.84. The third kappa shape index (κ3) is 7.47. The highest BCUT2D eigenvalue weighted by Crippen LogP contribution is 2.37. The number of ether oxygens (including phenoxy) is 1. The van der Waals surface area contributed by atoms with Crippen LogP contribution in [-0.4, -0.2) is 12.1 Å². The van der Waals surface area contributed by atoms with E-state index >= 15 is 0 Å². The molecule has 174 valence electrons. The van der Waals surface area contributed by atoms with E-state index in [0.717, 1.165) is 64.2 Å². The van der Waals surface area contributed by atoms with Crippen LogP contribution < -0.4 is 0 Å². The van der Waals surface area contributed by atoms with Gasteiger partial charge in [-0.05, 0) is 106 Å². The van der Waals surface area contributed by atoms with Gasteiger partial charge < -0.3 is 4.74 Å². The molecule has 0 amide bonds. The number of halogens is 1. The molecule has 4 heteroatoms. The first-order chi connectivity index (χ1) is 15.6. The van der Waals surface area contributed by atoms with Gasteiger partial charge in [0.05, 0.1) is 5.92 Å². The largest absolute Gasteiger partial charge is 0.462 e. The highest BCUT2D eigenvalue weighted by Gasteiger charge is 2.31. The molecule has 0 radical (unpaired) electrons. The molecule has 1 aromatic carbocycles. The van der Waals surface area contributed by atoms with Gasteiger partial charge >= 0.3 is 5.97 Å². The molecule has 3 nitrogen and oxygen atoms in total. The fraction of sp³-hybridized carbons (Fsp3) is 0.643. The molecule has 0 unspecified atom stereocenters. The normalized spacial score (nSPS) is 26.3. The van der Waals surface area contributed by atoms with E-state index in [1.54, 1.807) is 0 Å². The number of rotatable bonds is 9. The Bertz CT molecular complexity index is 779. The number of unbranched alkanes of at least 4 members (excludes halogenated alkanes) is 1. The van der Waals surface area contributed by atoms with Crippen LogP contribution >= 0.6 is 0 Å². The predicted octanol–water partition coefficient (Wildman–Crippen LogP) is 7.56. The van der Waals surface area contributed by atoms with Crippen molar-refractivity contribution in [3.63, 3.8) is 0 Å². The Labute approximate surface area is 193 Å². The minimum Gasteiger partial charge on any atom is -0.462 e. The number of carbonyl (C=O) groups is 1. The lowest BCUT2D eigenvalue weighted by Crippen LogP contribution is -2.29. The Morgan fingerprint density at radius 3 is 2.41 bits per heavy atom. The number of hydrogen-bond donors (Lipinski definition) is 0. The molecule has 0 atom stereocenters. The first kappa shape index (κ1) is 24.5. The average molecular weight is 440 g/mol. The van der Waals surface area contributed by atoms with Gasteiger partial charge in [-0.15, -0.1) is 0 Å². The molecule has 3 rings (SSSR count). The highest BCUT2D eigenvalue weighted by atomic mass is 19.1. The lowest BCUT2D eigenvalue weighted by Gasteiger charge is -2.31. The molecule has 2 aliphatic carbocycles. The Morgan fingerprint density at radius 2 is 1.78 bits per heavy atom. The summed E-state index contributed by atoms with van der Waals surface area (Å²) in [7, 11) is 0. The van der Waals surface area contributed by atoms with Gasteiger partial charge in [0.1, 0.15) is 12.2 Å². The predicted molar refractivity (Wildman–Crippen MR) is 126 cm³/mol. The van der Waals surface area contributed by atoms with Crippen LogP contribution in [0.4, 0.5) is 4.39 Å². The number of hydrogen-bond acceptors (Lipinski definition) is 3. The summed E-state index contributed by atoms with van der Waals surface area (Å²) in [6.07, 6.45) is 14.4. The van der Waals surface area contributed by atoms with Crippen LogP contribution in [0.25, 0.3) is 0 Å². The van der Waals surface area contributed by atoms with Crippen LogP contribution in [0.15, 0.2) is 36.2 Å². The number of carbonyl (C=O) groups excluding carboxylic acids is 1. The number of nitriles is 1. The fourth-order valence-electron chi connectivity index (χ4n) is 5.29. The quantitative estimate of drug-likeness (QED) is 0.295. The van der Waals surface area contributed by atoms with E-state index in [1.165, 1.54) is 36.1 Å². The Morgan fingerprint density at radius 1 is 1.09 bits per heavy atom. The summed E-state index contributed by atoms with van der Waals surface area (Å²) in [6.45, 7) is 2.23. The van der Waals surface area contributed by atoms with Crippen molar-refractivity contribution in [3.05, 3.63) is 47.3 Å². The zero-order chi connectivity index (χ0) is 22.8. The van der Waals surface area contributed by atoms with Crippen LogP contribution in [-0.2, 0) is 16.0 Å². The summed E-state index contributed by atoms with van der Waals surface area (Å²) in [5.74, 6) is 0.463. The molecular weight excluding hydrogens is 401 g/mol. The third-order valence-electron chi connectivity index (χ3n) is 7.41. The van der Waals surface area contributed by atoms with Gasteiger partial charge in [0.25, 0.3) is 0 Å². The molecule has 0 aromatic heterocycles. The number of benzene rings is 1. The molecule has 0 bridgehead atoms. The van der Waals surface area contributed by atoms with Crippen LogP contribution in [0, 0.1) is 23.2 Å². The molecule has 0 saturated heterocycles. The molecule has 0 N–H and O–H groups in total. The summed E-state index contributed by atoms with van der Waals surface area (Å²) in [4.78, 5) is 12.7. The zero-order valence-corrected chi connectivity index (χ0v) is 19.5. The number of allylic oxidation sites excluding steroid dienone is 2. The van der Waals surface area contributed by atoms with E-state index in [-0.39, 0.29) is 18.0 Å². The summed E-state index contributed by atoms with van der Waals surface area (Å²) in [6, 6.07) is 10.6. The van der Waals surface area contributed by atoms with Crippen molar-refractivity contribution in [2.45, 2.75) is 102 Å². The molecule has 32 heavy (non-hydrogen) atoms. The third-order valence-corrected chi connectivity index (χ3v) is 7.41. The van der Waals surface area contributed by atoms with E-state index in [2.05, 4.69) is 31.2 Å². The SMILES string of the molecule is CCCCc1ccc(C2CCC(C(=O)OC3CCC(CCC=C(F)C#N)CC3)CC2)cc1. The topological polar surface area (TPSA) is 50.1 Å². The van der Waals surface area contributed by atoms with Crippen molar-refractivity contribution in [1.82, 2.24) is 0 Å². The van der Waals surface area contributed by atoms with Crippen LogP contribution in [0.2, 0.25) is 0 Å². The van der Waals surface area contributed by atoms with Crippen molar-refractivity contribution in [1.29, 1.82) is 5.26 Å². The monoisotopic (exact) mass is 439 g/mol. The van der Waals surface area contributed by atoms with Crippen LogP contribution in [0.3, 0.4) is 0 Å². The number of esters is 1. The minimum absolute atomic E-state index is 0.000776. The second kappa shape index (κ2) is 12.8. The van der Waals surface area contributed by atoms with Crippen LogP contribution in [0.1, 0.15) is 101 Å². The number of nitrogens with zero attached hydrogens (tertiary/aromatic N) is 1. The summed E-state index contributed by atoms with van der Waals surface area (Å²) in [5, 5.41) is 8.46. The van der Waals surface area contributed by atoms with E-state index in [1.807, 2.05) is 0 Å². The first-order valence-corrected chi connectivity index (χ1v) is 12.6. The van der Waals surface area contributed by atoms with Crippen molar-refractivity contribution in [2.75, 3.05) is 0 Å². The molecule has 2 aliphatic rings. The molecular formula is C28H38FNO2. The maximum Gasteiger partial charge on any atom is 0.309 e. The lowest BCUT2D eigenvalue weighted by atomic mass is 9.78. The van der Waals surface area contributed by atoms with Crippen molar-refractivity contribution in [2.24, 2.45) is 11.8 Å². The van der Waals surface area contributed by atoms with E-state index in [9.17, 15) is 9.18 Å². The standard InChI is InChI=1S/C28H38FNO2/c1-2-3-5-21-8-12-23(13-9-21)24-14-16-25(17-15-24)28(31)32-27-18-10-22(11-19-27)6-4-7-26(29)20-30/h7-9,12-13,22,24-25,27H,2-6,10-11,14-19H2,1H3. The van der Waals surface area contributed by atoms with Gasteiger partial charge in [-0.2, -0.15) is 9.65 Å². The van der Waals surface area contributed by atoms with Gasteiger partial charge in [-0.1, -0.05) is 37.6 Å². The van der Waals surface area contributed by atoms with Gasteiger partial charge in [-0.3, -0.25) is 4.79 Å². The molecule has 1 aromatic rings. The summed E-state index contributed by atoms with van der Waals surface area (Å²) < 4.78 is 18.8. The van der Waals surface area contributed by atoms with Crippen molar-refractivity contribution in [3.8, 4) is 6.07 Å². The Balaban J connectivity index is 1.36. The van der Waals surface area contributed by atoms with Crippen LogP contribution in [0.5, 0.6) is 0 Å².